The average molecular weight is 1130 g/mol. The van der Waals surface area contributed by atoms with Crippen LogP contribution in [0.25, 0.3) is 0 Å². The van der Waals surface area contributed by atoms with Crippen molar-refractivity contribution in [2.45, 2.75) is 362 Å². The molecule has 0 rings (SSSR count). The first kappa shape index (κ1) is 79.7. The number of hydrogen-bond donors (Lipinski definition) is 0. The maximum Gasteiger partial charge on any atom is 2.00 e. The van der Waals surface area contributed by atoms with Crippen LogP contribution in [0, 0.1) is 11.8 Å². The van der Waals surface area contributed by atoms with Crippen molar-refractivity contribution in [3.05, 3.63) is 24.3 Å². The molecule has 0 aliphatic carbocycles. The average Bonchev–Trinajstić information content (AvgIpc) is 3.37. The molecular weight excluding hydrogens is 1000 g/mol. The maximum atomic E-state index is 10.9. The second-order valence-electron chi connectivity index (χ2n) is 22.5. The number of allylic oxidation sites excluding steroid dienone is 2. The van der Waals surface area contributed by atoms with Crippen LogP contribution in [-0.2, 0) is 29.2 Å². The van der Waals surface area contributed by atoms with Crippen molar-refractivity contribution in [2.24, 2.45) is 11.8 Å². The van der Waals surface area contributed by atoms with Crippen LogP contribution in [0.4, 0.5) is 0 Å². The monoisotopic (exact) mass is 1130 g/mol. The maximum absolute atomic E-state index is 10.9. The molecule has 0 heterocycles. The van der Waals surface area contributed by atoms with Crippen LogP contribution in [-0.4, -0.2) is 76.9 Å². The van der Waals surface area contributed by atoms with Crippen LogP contribution in [0.3, 0.4) is 0 Å². The topological polar surface area (TPSA) is 133 Å². The van der Waals surface area contributed by atoms with Gasteiger partial charge in [0, 0.05) is 11.8 Å². The van der Waals surface area contributed by atoms with Gasteiger partial charge in [-0.15, -0.1) is 0 Å². The molecule has 0 saturated carbocycles. The van der Waals surface area contributed by atoms with Gasteiger partial charge in [0.25, 0.3) is 0 Å². The quantitative estimate of drug-likeness (QED) is 0.0193. The summed E-state index contributed by atoms with van der Waals surface area (Å²) in [7, 11) is -9.22. The van der Waals surface area contributed by atoms with Crippen molar-refractivity contribution in [3.8, 4) is 0 Å². The first-order valence-electron chi connectivity index (χ1n) is 32.5. The largest absolute Gasteiger partial charge is 2.00 e. The Morgan fingerprint density at radius 3 is 0.653 bits per heavy atom. The van der Waals surface area contributed by atoms with Crippen molar-refractivity contribution in [2.75, 3.05) is 13.2 Å². The van der Waals surface area contributed by atoms with Crippen LogP contribution < -0.4 is 0 Å². The van der Waals surface area contributed by atoms with Crippen LogP contribution in [0.15, 0.2) is 24.3 Å². The zero-order valence-electron chi connectivity index (χ0n) is 50.4. The molecule has 8 nitrogen and oxygen atoms in total. The third-order valence-corrected chi connectivity index (χ3v) is 15.8. The fourth-order valence-corrected chi connectivity index (χ4v) is 10.8. The smallest absolute Gasteiger partial charge is 0.726 e. The van der Waals surface area contributed by atoms with Gasteiger partial charge in [0.2, 0.25) is 20.8 Å². The molecule has 0 bridgehead atoms. The minimum atomic E-state index is -4.61. The van der Waals surface area contributed by atoms with E-state index in [9.17, 15) is 25.9 Å². The number of hydrogen-bond acceptors (Lipinski definition) is 8. The first-order chi connectivity index (χ1) is 36.0. The predicted molar refractivity (Wildman–Crippen MR) is 325 cm³/mol. The van der Waals surface area contributed by atoms with Gasteiger partial charge in [-0.3, -0.25) is 8.37 Å². The van der Waals surface area contributed by atoms with Crippen molar-refractivity contribution in [3.63, 3.8) is 0 Å². The summed E-state index contributed by atoms with van der Waals surface area (Å²) >= 11 is 0. The van der Waals surface area contributed by atoms with Crippen molar-refractivity contribution >= 4 is 58.5 Å². The van der Waals surface area contributed by atoms with Gasteiger partial charge in [-0.2, -0.15) is 0 Å². The van der Waals surface area contributed by atoms with Crippen molar-refractivity contribution in [1.82, 2.24) is 0 Å². The Kier molecular flexibility index (Phi) is 69.4. The molecule has 2 unspecified atom stereocenters. The van der Waals surface area contributed by atoms with Gasteiger partial charge in [-0.25, -0.2) is 16.8 Å². The molecular formula is C64H126CaO8S2. The Bertz CT molecular complexity index is 1260. The van der Waals surface area contributed by atoms with E-state index in [-0.39, 0.29) is 62.8 Å². The summed E-state index contributed by atoms with van der Waals surface area (Å²) in [5.41, 5.74) is 0. The SMILES string of the molecule is CCCCCCCCCCCCCCCCCCC/C=C/C(CCCCCCCCC)COS(=O)(=O)[O-].CCCCCCCCCCCCCCCCCCC/C=C/C(CCCCCCCCC)COS(=O)(=O)[O-].[Ca+2]. The zero-order chi connectivity index (χ0) is 54.6. The molecule has 0 aromatic heterocycles. The van der Waals surface area contributed by atoms with Gasteiger partial charge < -0.3 is 9.11 Å². The van der Waals surface area contributed by atoms with Gasteiger partial charge in [0.15, 0.2) is 0 Å². The summed E-state index contributed by atoms with van der Waals surface area (Å²) in [6.45, 7) is 8.98. The molecule has 0 fully saturated rings. The normalized spacial score (nSPS) is 12.9. The Morgan fingerprint density at radius 2 is 0.467 bits per heavy atom. The number of unbranched alkanes of at least 4 members (excludes halogenated alkanes) is 46. The molecule has 0 aliphatic rings. The van der Waals surface area contributed by atoms with Gasteiger partial charge >= 0.3 is 37.7 Å². The predicted octanol–water partition coefficient (Wildman–Crippen LogP) is 21.3. The van der Waals surface area contributed by atoms with Gasteiger partial charge in [0.05, 0.1) is 13.2 Å². The molecule has 0 aromatic carbocycles. The summed E-state index contributed by atoms with van der Waals surface area (Å²) in [4.78, 5) is 0. The molecule has 75 heavy (non-hydrogen) atoms. The Balaban J connectivity index is -0.00000136. The van der Waals surface area contributed by atoms with E-state index in [0.29, 0.717) is 0 Å². The molecule has 11 heteroatoms. The standard InChI is InChI=1S/2C32H64O4S.Ca/c2*1-3-5-7-9-11-12-13-14-15-16-17-18-19-20-21-22-24-26-28-30-32(31-36-37(33,34)35)29-27-25-23-10-8-6-4-2;/h2*28,30,32H,3-27,29,31H2,1-2H3,(H,33,34,35);/q;;+2/p-2/b2*30-28+;. The summed E-state index contributed by atoms with van der Waals surface area (Å²) in [6, 6.07) is 0. The van der Waals surface area contributed by atoms with Crippen LogP contribution >= 0.6 is 0 Å². The van der Waals surface area contributed by atoms with E-state index in [1.165, 1.54) is 283 Å². The molecule has 0 aromatic rings. The first-order valence-corrected chi connectivity index (χ1v) is 35.2. The Hall–Kier alpha value is 0.480. The summed E-state index contributed by atoms with van der Waals surface area (Å²) in [6.07, 6.45) is 76.4. The number of rotatable bonds is 60. The van der Waals surface area contributed by atoms with Gasteiger partial charge in [0.1, 0.15) is 0 Å². The summed E-state index contributed by atoms with van der Waals surface area (Å²) in [5, 5.41) is 0. The Labute approximate surface area is 499 Å². The Morgan fingerprint density at radius 1 is 0.293 bits per heavy atom. The fraction of sp³-hybridized carbons (Fsp3) is 0.938. The van der Waals surface area contributed by atoms with Gasteiger partial charge in [-0.1, -0.05) is 347 Å². The van der Waals surface area contributed by atoms with Crippen molar-refractivity contribution in [1.29, 1.82) is 0 Å². The minimum absolute atomic E-state index is 0. The van der Waals surface area contributed by atoms with Crippen molar-refractivity contribution < 1.29 is 34.3 Å². The molecule has 0 amide bonds. The van der Waals surface area contributed by atoms with Crippen LogP contribution in [0.1, 0.15) is 362 Å². The second-order valence-corrected chi connectivity index (χ2v) is 24.6. The molecule has 444 valence electrons. The molecule has 0 radical (unpaired) electrons. The minimum Gasteiger partial charge on any atom is -0.726 e. The van der Waals surface area contributed by atoms with E-state index >= 15 is 0 Å². The second kappa shape index (κ2) is 65.3. The molecule has 0 N–H and O–H groups in total. The van der Waals surface area contributed by atoms with Crippen LogP contribution in [0.5, 0.6) is 0 Å². The van der Waals surface area contributed by atoms with E-state index in [4.69, 9.17) is 0 Å². The molecule has 2 atom stereocenters. The molecule has 0 aliphatic heterocycles. The van der Waals surface area contributed by atoms with E-state index in [0.717, 1.165) is 51.4 Å². The zero-order valence-corrected chi connectivity index (χ0v) is 54.3. The fourth-order valence-electron chi connectivity index (χ4n) is 10.1. The van der Waals surface area contributed by atoms with Gasteiger partial charge in [-0.05, 0) is 38.5 Å². The molecule has 0 spiro atoms. The van der Waals surface area contributed by atoms with E-state index in [2.05, 4.69) is 60.4 Å². The third kappa shape index (κ3) is 74.5. The van der Waals surface area contributed by atoms with Crippen LogP contribution in [0.2, 0.25) is 0 Å². The van der Waals surface area contributed by atoms with E-state index in [1.807, 2.05) is 0 Å². The summed E-state index contributed by atoms with van der Waals surface area (Å²) in [5.74, 6) is 0.0373. The van der Waals surface area contributed by atoms with E-state index < -0.39 is 20.8 Å². The summed E-state index contributed by atoms with van der Waals surface area (Å²) < 4.78 is 74.3. The third-order valence-electron chi connectivity index (χ3n) is 15.0. The molecule has 0 saturated heterocycles. The van der Waals surface area contributed by atoms with E-state index in [1.54, 1.807) is 0 Å².